The lowest BCUT2D eigenvalue weighted by molar-refractivity contribution is -0.139. The van der Waals surface area contributed by atoms with Crippen LogP contribution < -0.4 is 0 Å². The van der Waals surface area contributed by atoms with Crippen molar-refractivity contribution in [2.45, 2.75) is 5.92 Å². The van der Waals surface area contributed by atoms with Crippen LogP contribution in [0.4, 0.5) is 0 Å². The van der Waals surface area contributed by atoms with Crippen molar-refractivity contribution in [2.75, 3.05) is 0 Å². The molecule has 4 nitrogen and oxygen atoms in total. The molecule has 0 unspecified atom stereocenters. The summed E-state index contributed by atoms with van der Waals surface area (Å²) in [5.74, 6) is -2.51. The van der Waals surface area contributed by atoms with Gasteiger partial charge in [0.05, 0.1) is 18.1 Å². The molecule has 0 radical (unpaired) electrons. The second-order valence-corrected chi connectivity index (χ2v) is 3.80. The summed E-state index contributed by atoms with van der Waals surface area (Å²) >= 11 is 0. The van der Waals surface area contributed by atoms with Gasteiger partial charge in [0.15, 0.2) is 5.41 Å². The number of carboxylic acid groups (broad SMARTS) is 1. The summed E-state index contributed by atoms with van der Waals surface area (Å²) in [6.45, 7) is 0. The van der Waals surface area contributed by atoms with Crippen molar-refractivity contribution >= 4 is 5.97 Å². The maximum atomic E-state index is 11.0. The van der Waals surface area contributed by atoms with Gasteiger partial charge in [-0.3, -0.25) is 4.79 Å². The minimum absolute atomic E-state index is 0.513. The predicted molar refractivity (Wildman–Crippen MR) is 54.0 cm³/mol. The molecule has 0 spiro atoms. The zero-order chi connectivity index (χ0) is 11.8. The zero-order valence-electron chi connectivity index (χ0n) is 8.29. The third-order valence-corrected chi connectivity index (χ3v) is 3.00. The minimum atomic E-state index is -1.40. The molecule has 1 N–H and O–H groups in total. The van der Waals surface area contributed by atoms with Crippen LogP contribution in [0.25, 0.3) is 0 Å². The van der Waals surface area contributed by atoms with Crippen molar-refractivity contribution in [1.29, 1.82) is 10.5 Å². The summed E-state index contributed by atoms with van der Waals surface area (Å²) < 4.78 is 0. The zero-order valence-corrected chi connectivity index (χ0v) is 8.29. The van der Waals surface area contributed by atoms with E-state index in [-0.39, 0.29) is 0 Å². The van der Waals surface area contributed by atoms with Crippen LogP contribution in [0, 0.1) is 34.0 Å². The van der Waals surface area contributed by atoms with Crippen LogP contribution in [0.5, 0.6) is 0 Å². The monoisotopic (exact) mass is 212 g/mol. The summed E-state index contributed by atoms with van der Waals surface area (Å²) in [4.78, 5) is 11.0. The molecule has 16 heavy (non-hydrogen) atoms. The Kier molecular flexibility index (Phi) is 2.14. The smallest absolute Gasteiger partial charge is 0.309 e. The Hall–Kier alpha value is -2.33. The minimum Gasteiger partial charge on any atom is -0.481 e. The van der Waals surface area contributed by atoms with E-state index in [0.29, 0.717) is 0 Å². The van der Waals surface area contributed by atoms with Gasteiger partial charge in [-0.1, -0.05) is 30.3 Å². The van der Waals surface area contributed by atoms with E-state index in [9.17, 15) is 4.79 Å². The second kappa shape index (κ2) is 3.36. The Bertz CT molecular complexity index is 496. The van der Waals surface area contributed by atoms with Crippen LogP contribution >= 0.6 is 0 Å². The SMILES string of the molecule is N#CC1(C#N)[C@H](C(=O)O)[C@H]1c1ccccc1. The number of rotatable bonds is 2. The highest BCUT2D eigenvalue weighted by Gasteiger charge is 2.71. The van der Waals surface area contributed by atoms with E-state index in [0.717, 1.165) is 5.56 Å². The molecule has 0 bridgehead atoms. The molecular formula is C12H8N2O2. The molecule has 1 aromatic carbocycles. The van der Waals surface area contributed by atoms with Gasteiger partial charge in [0.1, 0.15) is 0 Å². The number of hydrogen-bond acceptors (Lipinski definition) is 3. The van der Waals surface area contributed by atoms with Gasteiger partial charge in [-0.2, -0.15) is 10.5 Å². The highest BCUT2D eigenvalue weighted by atomic mass is 16.4. The molecular weight excluding hydrogens is 204 g/mol. The summed E-state index contributed by atoms with van der Waals surface area (Å²) in [5, 5.41) is 26.9. The molecule has 1 aliphatic rings. The van der Waals surface area contributed by atoms with E-state index >= 15 is 0 Å². The third kappa shape index (κ3) is 1.17. The molecule has 1 fully saturated rings. The highest BCUT2D eigenvalue weighted by molar-refractivity contribution is 5.80. The Balaban J connectivity index is 2.43. The first-order valence-corrected chi connectivity index (χ1v) is 4.77. The maximum absolute atomic E-state index is 11.0. The summed E-state index contributed by atoms with van der Waals surface area (Å²) in [6.07, 6.45) is 0. The molecule has 4 heteroatoms. The first-order chi connectivity index (χ1) is 7.67. The van der Waals surface area contributed by atoms with E-state index in [1.807, 2.05) is 18.2 Å². The number of carbonyl (C=O) groups is 1. The fourth-order valence-electron chi connectivity index (χ4n) is 2.14. The van der Waals surface area contributed by atoms with E-state index in [1.165, 1.54) is 0 Å². The van der Waals surface area contributed by atoms with Gasteiger partial charge in [0.25, 0.3) is 0 Å². The Morgan fingerprint density at radius 2 is 1.81 bits per heavy atom. The fourth-order valence-corrected chi connectivity index (χ4v) is 2.14. The van der Waals surface area contributed by atoms with Crippen molar-refractivity contribution < 1.29 is 9.90 Å². The van der Waals surface area contributed by atoms with Crippen LogP contribution in [0.1, 0.15) is 11.5 Å². The van der Waals surface area contributed by atoms with Gasteiger partial charge in [0, 0.05) is 5.92 Å². The normalized spacial score (nSPS) is 25.1. The van der Waals surface area contributed by atoms with Gasteiger partial charge < -0.3 is 5.11 Å². The first kappa shape index (κ1) is 10.2. The van der Waals surface area contributed by atoms with Crippen LogP contribution in [-0.4, -0.2) is 11.1 Å². The molecule has 0 heterocycles. The number of benzene rings is 1. The molecule has 1 aliphatic carbocycles. The van der Waals surface area contributed by atoms with Gasteiger partial charge in [-0.15, -0.1) is 0 Å². The van der Waals surface area contributed by atoms with Crippen molar-refractivity contribution in [3.63, 3.8) is 0 Å². The van der Waals surface area contributed by atoms with Gasteiger partial charge in [-0.05, 0) is 5.56 Å². The van der Waals surface area contributed by atoms with Crippen molar-refractivity contribution in [2.24, 2.45) is 11.3 Å². The second-order valence-electron chi connectivity index (χ2n) is 3.80. The average molecular weight is 212 g/mol. The standard InChI is InChI=1S/C12H8N2O2/c13-6-12(7-14)9(10(12)11(15)16)8-4-2-1-3-5-8/h1-5,9-10H,(H,15,16)/t9-,10+/m1/s1. The third-order valence-electron chi connectivity index (χ3n) is 3.00. The lowest BCUT2D eigenvalue weighted by Crippen LogP contribution is -2.05. The number of nitrogens with zero attached hydrogens (tertiary/aromatic N) is 2. The van der Waals surface area contributed by atoms with Crippen molar-refractivity contribution in [3.8, 4) is 12.1 Å². The molecule has 0 saturated heterocycles. The van der Waals surface area contributed by atoms with Crippen LogP contribution in [0.2, 0.25) is 0 Å². The molecule has 0 aliphatic heterocycles. The summed E-state index contributed by atoms with van der Waals surface area (Å²) in [6, 6.07) is 12.5. The van der Waals surface area contributed by atoms with Crippen LogP contribution in [0.3, 0.4) is 0 Å². The lowest BCUT2D eigenvalue weighted by atomic mass is 10.0. The number of hydrogen-bond donors (Lipinski definition) is 1. The number of aliphatic carboxylic acids is 1. The van der Waals surface area contributed by atoms with Gasteiger partial charge in [0.2, 0.25) is 0 Å². The Morgan fingerprint density at radius 3 is 2.19 bits per heavy atom. The molecule has 2 atom stereocenters. The number of nitriles is 2. The first-order valence-electron chi connectivity index (χ1n) is 4.77. The maximum Gasteiger partial charge on any atom is 0.309 e. The molecule has 78 valence electrons. The van der Waals surface area contributed by atoms with E-state index < -0.39 is 23.2 Å². The Labute approximate surface area is 92.4 Å². The van der Waals surface area contributed by atoms with Gasteiger partial charge in [-0.25, -0.2) is 0 Å². The van der Waals surface area contributed by atoms with Crippen LogP contribution in [0.15, 0.2) is 30.3 Å². The topological polar surface area (TPSA) is 84.9 Å². The molecule has 0 aromatic heterocycles. The largest absolute Gasteiger partial charge is 0.481 e. The molecule has 0 amide bonds. The summed E-state index contributed by atoms with van der Waals surface area (Å²) in [5.41, 5.74) is -0.661. The Morgan fingerprint density at radius 1 is 1.25 bits per heavy atom. The van der Waals surface area contributed by atoms with Crippen molar-refractivity contribution in [1.82, 2.24) is 0 Å². The predicted octanol–water partition coefficient (Wildman–Crippen LogP) is 1.52. The fraction of sp³-hybridized carbons (Fsp3) is 0.250. The number of carboxylic acids is 1. The van der Waals surface area contributed by atoms with Crippen LogP contribution in [-0.2, 0) is 4.79 Å². The molecule has 1 saturated carbocycles. The summed E-state index contributed by atoms with van der Waals surface area (Å²) in [7, 11) is 0. The van der Waals surface area contributed by atoms with E-state index in [1.54, 1.807) is 24.3 Å². The molecule has 1 aromatic rings. The molecule has 2 rings (SSSR count). The highest BCUT2D eigenvalue weighted by Crippen LogP contribution is 2.64. The lowest BCUT2D eigenvalue weighted by Gasteiger charge is -1.97. The average Bonchev–Trinajstić information content (AvgIpc) is 3.00. The van der Waals surface area contributed by atoms with Crippen molar-refractivity contribution in [3.05, 3.63) is 35.9 Å². The quantitative estimate of drug-likeness (QED) is 0.805. The van der Waals surface area contributed by atoms with E-state index in [4.69, 9.17) is 15.6 Å². The van der Waals surface area contributed by atoms with E-state index in [2.05, 4.69) is 0 Å². The van der Waals surface area contributed by atoms with Gasteiger partial charge >= 0.3 is 5.97 Å².